The van der Waals surface area contributed by atoms with E-state index in [4.69, 9.17) is 9.47 Å². The van der Waals surface area contributed by atoms with Gasteiger partial charge in [-0.25, -0.2) is 17.9 Å². The standard InChI is InChI=1S/C25H25NO6S/c1-30-25(27)19-8-11-21(12-9-19)33(28,29)26-22(16-18-6-3-2-4-7-18)20-10-13-23-24(17-20)32-15-5-14-31-23/h2-4,6-13,17,22,26H,5,14-16H2,1H3. The van der Waals surface area contributed by atoms with Crippen LogP contribution < -0.4 is 14.2 Å². The number of sulfonamides is 1. The number of benzene rings is 3. The van der Waals surface area contributed by atoms with Crippen LogP contribution in [0.15, 0.2) is 77.7 Å². The van der Waals surface area contributed by atoms with Crippen LogP contribution in [0.25, 0.3) is 0 Å². The molecule has 172 valence electrons. The zero-order chi connectivity index (χ0) is 23.3. The van der Waals surface area contributed by atoms with Gasteiger partial charge in [-0.2, -0.15) is 0 Å². The van der Waals surface area contributed by atoms with Gasteiger partial charge in [-0.15, -0.1) is 0 Å². The number of methoxy groups -OCH3 is 1. The Bertz CT molecular complexity index is 1210. The van der Waals surface area contributed by atoms with Crippen molar-refractivity contribution < 1.29 is 27.4 Å². The minimum Gasteiger partial charge on any atom is -0.490 e. The quantitative estimate of drug-likeness (QED) is 0.530. The van der Waals surface area contributed by atoms with E-state index < -0.39 is 22.0 Å². The number of carbonyl (C=O) groups excluding carboxylic acids is 1. The molecule has 0 radical (unpaired) electrons. The monoisotopic (exact) mass is 467 g/mol. The van der Waals surface area contributed by atoms with Crippen LogP contribution in [0.4, 0.5) is 0 Å². The van der Waals surface area contributed by atoms with Gasteiger partial charge in [0.05, 0.1) is 36.8 Å². The van der Waals surface area contributed by atoms with Gasteiger partial charge in [-0.05, 0) is 53.9 Å². The third kappa shape index (κ3) is 5.53. The molecule has 33 heavy (non-hydrogen) atoms. The van der Waals surface area contributed by atoms with Gasteiger partial charge in [0.1, 0.15) is 0 Å². The fraction of sp³-hybridized carbons (Fsp3) is 0.240. The highest BCUT2D eigenvalue weighted by atomic mass is 32.2. The van der Waals surface area contributed by atoms with E-state index in [0.29, 0.717) is 31.1 Å². The summed E-state index contributed by atoms with van der Waals surface area (Å²) < 4.78 is 45.4. The topological polar surface area (TPSA) is 90.9 Å². The average molecular weight is 468 g/mol. The zero-order valence-electron chi connectivity index (χ0n) is 18.2. The van der Waals surface area contributed by atoms with E-state index in [0.717, 1.165) is 17.5 Å². The molecule has 0 fully saturated rings. The highest BCUT2D eigenvalue weighted by Crippen LogP contribution is 2.33. The lowest BCUT2D eigenvalue weighted by Crippen LogP contribution is -2.30. The summed E-state index contributed by atoms with van der Waals surface area (Å²) in [6.45, 7) is 1.12. The summed E-state index contributed by atoms with van der Waals surface area (Å²) in [7, 11) is -2.60. The molecule has 0 aliphatic carbocycles. The lowest BCUT2D eigenvalue weighted by Gasteiger charge is -2.21. The van der Waals surface area contributed by atoms with E-state index in [-0.39, 0.29) is 10.5 Å². The smallest absolute Gasteiger partial charge is 0.337 e. The molecular weight excluding hydrogens is 442 g/mol. The Morgan fingerprint density at radius 1 is 0.970 bits per heavy atom. The Balaban J connectivity index is 1.65. The van der Waals surface area contributed by atoms with E-state index in [1.54, 1.807) is 0 Å². The van der Waals surface area contributed by atoms with E-state index in [9.17, 15) is 13.2 Å². The number of rotatable bonds is 7. The molecule has 0 amide bonds. The molecule has 1 atom stereocenters. The van der Waals surface area contributed by atoms with Crippen LogP contribution in [0.1, 0.15) is 33.9 Å². The Hall–Kier alpha value is -3.36. The predicted molar refractivity (Wildman–Crippen MR) is 123 cm³/mol. The molecule has 0 saturated carbocycles. The van der Waals surface area contributed by atoms with Crippen molar-refractivity contribution in [3.05, 3.63) is 89.5 Å². The fourth-order valence-electron chi connectivity index (χ4n) is 3.62. The van der Waals surface area contributed by atoms with E-state index in [1.807, 2.05) is 48.5 Å². The zero-order valence-corrected chi connectivity index (χ0v) is 19.0. The van der Waals surface area contributed by atoms with Crippen LogP contribution in [0, 0.1) is 0 Å². The summed E-state index contributed by atoms with van der Waals surface area (Å²) >= 11 is 0. The van der Waals surface area contributed by atoms with E-state index >= 15 is 0 Å². The first-order valence-electron chi connectivity index (χ1n) is 10.6. The highest BCUT2D eigenvalue weighted by molar-refractivity contribution is 7.89. The summed E-state index contributed by atoms with van der Waals surface area (Å²) in [6, 6.07) is 20.2. The van der Waals surface area contributed by atoms with Crippen molar-refractivity contribution >= 4 is 16.0 Å². The molecule has 8 heteroatoms. The largest absolute Gasteiger partial charge is 0.490 e. The first-order valence-corrected chi connectivity index (χ1v) is 12.1. The van der Waals surface area contributed by atoms with Crippen molar-refractivity contribution in [2.24, 2.45) is 0 Å². The maximum atomic E-state index is 13.2. The highest BCUT2D eigenvalue weighted by Gasteiger charge is 2.24. The number of fused-ring (bicyclic) bond motifs is 1. The van der Waals surface area contributed by atoms with Gasteiger partial charge in [-0.3, -0.25) is 0 Å². The van der Waals surface area contributed by atoms with E-state index in [2.05, 4.69) is 9.46 Å². The van der Waals surface area contributed by atoms with Crippen molar-refractivity contribution in [1.82, 2.24) is 4.72 Å². The maximum Gasteiger partial charge on any atom is 0.337 e. The van der Waals surface area contributed by atoms with Gasteiger partial charge in [0.2, 0.25) is 10.0 Å². The molecule has 1 heterocycles. The van der Waals surface area contributed by atoms with Crippen molar-refractivity contribution in [1.29, 1.82) is 0 Å². The second kappa shape index (κ2) is 10.1. The van der Waals surface area contributed by atoms with Crippen LogP contribution in [0.5, 0.6) is 11.5 Å². The molecule has 1 unspecified atom stereocenters. The number of hydrogen-bond donors (Lipinski definition) is 1. The van der Waals surface area contributed by atoms with E-state index in [1.165, 1.54) is 31.4 Å². The van der Waals surface area contributed by atoms with Crippen molar-refractivity contribution in [3.63, 3.8) is 0 Å². The van der Waals surface area contributed by atoms with Crippen molar-refractivity contribution in [2.75, 3.05) is 20.3 Å². The normalized spacial score (nSPS) is 14.2. The fourth-order valence-corrected chi connectivity index (χ4v) is 4.84. The van der Waals surface area contributed by atoms with Gasteiger partial charge in [0, 0.05) is 6.42 Å². The van der Waals surface area contributed by atoms with Crippen LogP contribution >= 0.6 is 0 Å². The Kier molecular flexibility index (Phi) is 6.96. The molecule has 0 saturated heterocycles. The first-order chi connectivity index (χ1) is 16.0. The van der Waals surface area contributed by atoms with Gasteiger partial charge < -0.3 is 14.2 Å². The molecule has 7 nitrogen and oxygen atoms in total. The third-order valence-electron chi connectivity index (χ3n) is 5.34. The maximum absolute atomic E-state index is 13.2. The number of carbonyl (C=O) groups is 1. The number of nitrogens with one attached hydrogen (secondary N) is 1. The second-order valence-corrected chi connectivity index (χ2v) is 9.35. The van der Waals surface area contributed by atoms with Gasteiger partial charge in [0.25, 0.3) is 0 Å². The lowest BCUT2D eigenvalue weighted by molar-refractivity contribution is 0.0600. The van der Waals surface area contributed by atoms with Gasteiger partial charge in [0.15, 0.2) is 11.5 Å². The van der Waals surface area contributed by atoms with Gasteiger partial charge >= 0.3 is 5.97 Å². The predicted octanol–water partition coefficient (Wildman–Crippen LogP) is 3.90. The first kappa shape index (κ1) is 22.8. The Morgan fingerprint density at radius 3 is 2.36 bits per heavy atom. The summed E-state index contributed by atoms with van der Waals surface area (Å²) in [5.41, 5.74) is 2.02. The van der Waals surface area contributed by atoms with Crippen molar-refractivity contribution in [2.45, 2.75) is 23.8 Å². The van der Waals surface area contributed by atoms with Crippen LogP contribution in [0.2, 0.25) is 0 Å². The molecular formula is C25H25NO6S. The minimum atomic E-state index is -3.88. The summed E-state index contributed by atoms with van der Waals surface area (Å²) in [6.07, 6.45) is 1.23. The molecule has 0 spiro atoms. The number of ether oxygens (including phenoxy) is 3. The Labute approximate surface area is 193 Å². The third-order valence-corrected chi connectivity index (χ3v) is 6.83. The second-order valence-electron chi connectivity index (χ2n) is 7.64. The molecule has 1 N–H and O–H groups in total. The molecule has 1 aliphatic rings. The number of hydrogen-bond acceptors (Lipinski definition) is 6. The molecule has 3 aromatic carbocycles. The summed E-state index contributed by atoms with van der Waals surface area (Å²) in [5.74, 6) is 0.724. The molecule has 1 aliphatic heterocycles. The molecule has 0 bridgehead atoms. The van der Waals surface area contributed by atoms with Crippen molar-refractivity contribution in [3.8, 4) is 11.5 Å². The minimum absolute atomic E-state index is 0.0579. The SMILES string of the molecule is COC(=O)c1ccc(S(=O)(=O)NC(Cc2ccccc2)c2ccc3c(c2)OCCCO3)cc1. The summed E-state index contributed by atoms with van der Waals surface area (Å²) in [4.78, 5) is 11.7. The van der Waals surface area contributed by atoms with Crippen LogP contribution in [-0.2, 0) is 21.2 Å². The summed E-state index contributed by atoms with van der Waals surface area (Å²) in [5, 5.41) is 0. The molecule has 0 aromatic heterocycles. The average Bonchev–Trinajstić information content (AvgIpc) is 3.09. The van der Waals surface area contributed by atoms with Crippen LogP contribution in [0.3, 0.4) is 0 Å². The Morgan fingerprint density at radius 2 is 1.67 bits per heavy atom. The molecule has 3 aromatic rings. The number of esters is 1. The van der Waals surface area contributed by atoms with Gasteiger partial charge in [-0.1, -0.05) is 36.4 Å². The lowest BCUT2D eigenvalue weighted by atomic mass is 9.99. The molecule has 4 rings (SSSR count). The van der Waals surface area contributed by atoms with Crippen LogP contribution in [-0.4, -0.2) is 34.7 Å².